The van der Waals surface area contributed by atoms with E-state index in [1.807, 2.05) is 36.4 Å². The number of benzene rings is 2. The van der Waals surface area contributed by atoms with Gasteiger partial charge in [0.1, 0.15) is 17.6 Å². The van der Waals surface area contributed by atoms with Crippen LogP contribution in [0.15, 0.2) is 57.9 Å². The molecule has 0 saturated heterocycles. The fourth-order valence-electron chi connectivity index (χ4n) is 4.80. The summed E-state index contributed by atoms with van der Waals surface area (Å²) in [6.45, 7) is 2.93. The molecule has 0 aliphatic rings. The lowest BCUT2D eigenvalue weighted by Gasteiger charge is -2.12. The Kier molecular flexibility index (Phi) is 13.0. The first-order valence-electron chi connectivity index (χ1n) is 14.1. The topological polar surface area (TPSA) is 39.4 Å². The van der Waals surface area contributed by atoms with Crippen LogP contribution in [0.1, 0.15) is 102 Å². The van der Waals surface area contributed by atoms with Gasteiger partial charge in [0.2, 0.25) is 5.43 Å². The van der Waals surface area contributed by atoms with E-state index in [2.05, 4.69) is 6.92 Å². The molecule has 0 N–H and O–H groups in total. The molecule has 3 aromatic rings. The molecule has 0 aliphatic carbocycles. The fourth-order valence-corrected chi connectivity index (χ4v) is 5.05. The van der Waals surface area contributed by atoms with Gasteiger partial charge in [0.25, 0.3) is 0 Å². The lowest BCUT2D eigenvalue weighted by atomic mass is 10.0. The minimum Gasteiger partial charge on any atom is -0.493 e. The van der Waals surface area contributed by atoms with Crippen molar-refractivity contribution in [2.45, 2.75) is 103 Å². The number of alkyl halides is 1. The Labute approximate surface area is 222 Å². The van der Waals surface area contributed by atoms with Crippen molar-refractivity contribution >= 4 is 22.6 Å². The van der Waals surface area contributed by atoms with Crippen LogP contribution in [0, 0.1) is 0 Å². The van der Waals surface area contributed by atoms with Gasteiger partial charge in [-0.15, -0.1) is 11.6 Å². The maximum absolute atomic E-state index is 13.1. The maximum atomic E-state index is 13.1. The first-order chi connectivity index (χ1) is 17.8. The number of rotatable bonds is 18. The van der Waals surface area contributed by atoms with Crippen molar-refractivity contribution in [3.05, 3.63) is 64.5 Å². The van der Waals surface area contributed by atoms with E-state index in [4.69, 9.17) is 20.8 Å². The summed E-state index contributed by atoms with van der Waals surface area (Å²) < 4.78 is 12.0. The van der Waals surface area contributed by atoms with Crippen LogP contribution in [0.4, 0.5) is 0 Å². The third-order valence-electron chi connectivity index (χ3n) is 6.98. The van der Waals surface area contributed by atoms with Crippen LogP contribution < -0.4 is 10.2 Å². The van der Waals surface area contributed by atoms with Gasteiger partial charge in [0, 0.05) is 0 Å². The molecule has 3 nitrogen and oxygen atoms in total. The smallest absolute Gasteiger partial charge is 0.200 e. The Hall–Kier alpha value is -2.26. The van der Waals surface area contributed by atoms with Crippen molar-refractivity contribution in [2.75, 3.05) is 6.61 Å². The lowest BCUT2D eigenvalue weighted by molar-refractivity contribution is 0.302. The Balaban J connectivity index is 1.36. The van der Waals surface area contributed by atoms with E-state index < -0.39 is 0 Å². The predicted octanol–water partition coefficient (Wildman–Crippen LogP) is 10.1. The fraction of sp³-hybridized carbons (Fsp3) is 0.531. The number of unbranched alkanes of at least 4 members (excludes halogenated alkanes) is 13. The third kappa shape index (κ3) is 8.69. The van der Waals surface area contributed by atoms with Crippen LogP contribution in [0.3, 0.4) is 0 Å². The van der Waals surface area contributed by atoms with Crippen LogP contribution in [-0.4, -0.2) is 6.61 Å². The lowest BCUT2D eigenvalue weighted by Crippen LogP contribution is -2.07. The van der Waals surface area contributed by atoms with E-state index in [0.717, 1.165) is 17.5 Å². The van der Waals surface area contributed by atoms with Gasteiger partial charge in [-0.05, 0) is 24.1 Å². The third-order valence-corrected chi connectivity index (χ3v) is 7.24. The van der Waals surface area contributed by atoms with Crippen LogP contribution >= 0.6 is 11.6 Å². The monoisotopic (exact) mass is 510 g/mol. The van der Waals surface area contributed by atoms with Crippen molar-refractivity contribution in [1.82, 2.24) is 0 Å². The molecular formula is C32H43ClO3. The average molecular weight is 511 g/mol. The van der Waals surface area contributed by atoms with Crippen LogP contribution in [0.25, 0.3) is 22.1 Å². The van der Waals surface area contributed by atoms with Gasteiger partial charge in [-0.2, -0.15) is 0 Å². The van der Waals surface area contributed by atoms with E-state index in [1.165, 1.54) is 89.7 Å². The first kappa shape index (κ1) is 28.3. The van der Waals surface area contributed by atoms with Crippen LogP contribution in [0.5, 0.6) is 5.75 Å². The highest BCUT2D eigenvalue weighted by Crippen LogP contribution is 2.30. The molecule has 196 valence electrons. The van der Waals surface area contributed by atoms with Gasteiger partial charge < -0.3 is 9.15 Å². The molecule has 3 rings (SSSR count). The molecule has 0 aliphatic heterocycles. The van der Waals surface area contributed by atoms with E-state index in [0.29, 0.717) is 28.9 Å². The van der Waals surface area contributed by atoms with Gasteiger partial charge >= 0.3 is 0 Å². The zero-order valence-corrected chi connectivity index (χ0v) is 22.8. The number of hydrogen-bond acceptors (Lipinski definition) is 3. The molecule has 2 aromatic carbocycles. The molecule has 0 atom stereocenters. The van der Waals surface area contributed by atoms with Crippen molar-refractivity contribution in [3.8, 4) is 16.9 Å². The molecule has 0 unspecified atom stereocenters. The van der Waals surface area contributed by atoms with E-state index in [9.17, 15) is 4.79 Å². The molecule has 36 heavy (non-hydrogen) atoms. The molecule has 0 fully saturated rings. The summed E-state index contributed by atoms with van der Waals surface area (Å²) in [5.74, 6) is 0.946. The molecular weight excluding hydrogens is 468 g/mol. The molecule has 4 heteroatoms. The highest BCUT2D eigenvalue weighted by Gasteiger charge is 2.15. The van der Waals surface area contributed by atoms with Gasteiger partial charge in [-0.3, -0.25) is 4.79 Å². The van der Waals surface area contributed by atoms with Crippen molar-refractivity contribution in [1.29, 1.82) is 0 Å². The SMILES string of the molecule is CCCCCCCCCCCCCCCCOc1ccc2c(=O)c(-c3ccccc3)coc2c1CCl. The second kappa shape index (κ2) is 16.5. The summed E-state index contributed by atoms with van der Waals surface area (Å²) in [5, 5.41) is 0.538. The number of fused-ring (bicyclic) bond motifs is 1. The Morgan fingerprint density at radius 1 is 0.750 bits per heavy atom. The normalized spacial score (nSPS) is 11.3. The van der Waals surface area contributed by atoms with Crippen molar-refractivity contribution in [3.63, 3.8) is 0 Å². The van der Waals surface area contributed by atoms with Gasteiger partial charge in [-0.1, -0.05) is 121 Å². The molecule has 0 saturated carbocycles. The van der Waals surface area contributed by atoms with Gasteiger partial charge in [0.05, 0.1) is 29.0 Å². The molecule has 0 amide bonds. The first-order valence-corrected chi connectivity index (χ1v) is 14.6. The summed E-state index contributed by atoms with van der Waals surface area (Å²) >= 11 is 6.25. The predicted molar refractivity (Wildman–Crippen MR) is 153 cm³/mol. The van der Waals surface area contributed by atoms with Crippen molar-refractivity contribution < 1.29 is 9.15 Å². The standard InChI is InChI=1S/C32H43ClO3/c1-2-3-4-5-6-7-8-9-10-11-12-13-14-18-23-35-30-22-21-27-31(34)29(26-19-16-15-17-20-26)25-36-32(27)28(30)24-33/h15-17,19-22,25H,2-14,18,23-24H2,1H3. The van der Waals surface area contributed by atoms with E-state index >= 15 is 0 Å². The minimum absolute atomic E-state index is 0.0488. The number of halogens is 1. The molecule has 1 heterocycles. The van der Waals surface area contributed by atoms with E-state index in [-0.39, 0.29) is 11.3 Å². The van der Waals surface area contributed by atoms with Gasteiger partial charge in [0.15, 0.2) is 0 Å². The van der Waals surface area contributed by atoms with E-state index in [1.54, 1.807) is 6.07 Å². The summed E-state index contributed by atoms with van der Waals surface area (Å²) in [4.78, 5) is 13.1. The second-order valence-corrected chi connectivity index (χ2v) is 10.1. The Morgan fingerprint density at radius 3 is 1.92 bits per heavy atom. The molecule has 1 aromatic heterocycles. The largest absolute Gasteiger partial charge is 0.493 e. The zero-order valence-electron chi connectivity index (χ0n) is 22.0. The number of ether oxygens (including phenoxy) is 1. The van der Waals surface area contributed by atoms with Crippen molar-refractivity contribution in [2.24, 2.45) is 0 Å². The maximum Gasteiger partial charge on any atom is 0.200 e. The summed E-state index contributed by atoms with van der Waals surface area (Å²) in [6.07, 6.45) is 20.2. The van der Waals surface area contributed by atoms with Crippen LogP contribution in [0.2, 0.25) is 0 Å². The highest BCUT2D eigenvalue weighted by atomic mass is 35.5. The highest BCUT2D eigenvalue weighted by molar-refractivity contribution is 6.18. The molecule has 0 spiro atoms. The molecule has 0 bridgehead atoms. The molecule has 0 radical (unpaired) electrons. The summed E-state index contributed by atoms with van der Waals surface area (Å²) in [7, 11) is 0. The van der Waals surface area contributed by atoms with Crippen LogP contribution in [-0.2, 0) is 5.88 Å². The quantitative estimate of drug-likeness (QED) is 0.126. The summed E-state index contributed by atoms with van der Waals surface area (Å²) in [6, 6.07) is 13.2. The average Bonchev–Trinajstić information content (AvgIpc) is 2.91. The Bertz CT molecular complexity index is 1070. The van der Waals surface area contributed by atoms with Gasteiger partial charge in [-0.25, -0.2) is 0 Å². The minimum atomic E-state index is -0.0488. The second-order valence-electron chi connectivity index (χ2n) is 9.84. The summed E-state index contributed by atoms with van der Waals surface area (Å²) in [5.41, 5.74) is 2.62. The zero-order chi connectivity index (χ0) is 25.4. The Morgan fingerprint density at radius 2 is 1.33 bits per heavy atom. The number of hydrogen-bond donors (Lipinski definition) is 0.